The maximum Gasteiger partial charge on any atom is 0.351 e. The Labute approximate surface area is 95.6 Å². The molecule has 2 aromatic rings. The van der Waals surface area contributed by atoms with Crippen molar-refractivity contribution in [3.8, 4) is 5.75 Å². The van der Waals surface area contributed by atoms with Gasteiger partial charge in [-0.2, -0.15) is 0 Å². The van der Waals surface area contributed by atoms with Crippen molar-refractivity contribution in [2.45, 2.75) is 0 Å². The molecule has 0 unspecified atom stereocenters. The maximum atomic E-state index is 11.2. The van der Waals surface area contributed by atoms with Gasteiger partial charge in [-0.05, 0) is 44.0 Å². The fraction of sp³-hybridized carbons (Fsp3) is 0. The number of hydrogen-bond acceptors (Lipinski definition) is 3. The van der Waals surface area contributed by atoms with Crippen LogP contribution in [0.5, 0.6) is 5.75 Å². The molecule has 0 aliphatic carbocycles. The lowest BCUT2D eigenvalue weighted by atomic mass is 10.2. The van der Waals surface area contributed by atoms with Gasteiger partial charge < -0.3 is 9.52 Å². The van der Waals surface area contributed by atoms with E-state index in [0.29, 0.717) is 14.5 Å². The Kier molecular flexibility index (Phi) is 2.36. The van der Waals surface area contributed by atoms with E-state index >= 15 is 0 Å². The molecule has 5 heteroatoms. The second-order valence-electron chi connectivity index (χ2n) is 2.70. The van der Waals surface area contributed by atoms with Gasteiger partial charge in [-0.25, -0.2) is 4.79 Å². The Morgan fingerprint density at radius 1 is 1.21 bits per heavy atom. The van der Waals surface area contributed by atoms with E-state index in [1.165, 1.54) is 12.1 Å². The van der Waals surface area contributed by atoms with E-state index in [1.807, 2.05) is 0 Å². The van der Waals surface area contributed by atoms with Crippen molar-refractivity contribution in [3.05, 3.63) is 37.6 Å². The number of aromatic hydroxyl groups is 1. The van der Waals surface area contributed by atoms with Gasteiger partial charge in [-0.1, -0.05) is 0 Å². The minimum absolute atomic E-state index is 0.0647. The number of fused-ring (bicyclic) bond motifs is 1. The first kappa shape index (κ1) is 9.73. The summed E-state index contributed by atoms with van der Waals surface area (Å²) >= 11 is 6.37. The van der Waals surface area contributed by atoms with Crippen molar-refractivity contribution < 1.29 is 9.52 Å². The lowest BCUT2D eigenvalue weighted by molar-refractivity contribution is 0.473. The second kappa shape index (κ2) is 3.40. The number of hydrogen-bond donors (Lipinski definition) is 1. The smallest absolute Gasteiger partial charge is 0.351 e. The summed E-state index contributed by atoms with van der Waals surface area (Å²) in [5.74, 6) is 0.0647. The molecule has 0 aliphatic rings. The zero-order valence-corrected chi connectivity index (χ0v) is 9.92. The number of phenols is 1. The topological polar surface area (TPSA) is 50.4 Å². The van der Waals surface area contributed by atoms with Crippen LogP contribution >= 0.6 is 31.9 Å². The van der Waals surface area contributed by atoms with Crippen LogP contribution in [0.25, 0.3) is 11.0 Å². The molecule has 1 aromatic heterocycles. The van der Waals surface area contributed by atoms with E-state index in [2.05, 4.69) is 31.9 Å². The number of benzene rings is 1. The second-order valence-corrected chi connectivity index (χ2v) is 4.28. The van der Waals surface area contributed by atoms with E-state index in [9.17, 15) is 9.90 Å². The van der Waals surface area contributed by atoms with Crippen LogP contribution in [0.4, 0.5) is 0 Å². The molecule has 72 valence electrons. The molecule has 1 aromatic carbocycles. The Morgan fingerprint density at radius 3 is 2.64 bits per heavy atom. The highest BCUT2D eigenvalue weighted by atomic mass is 79.9. The van der Waals surface area contributed by atoms with Gasteiger partial charge in [0.15, 0.2) is 0 Å². The summed E-state index contributed by atoms with van der Waals surface area (Å²) < 4.78 is 5.93. The number of halogens is 2. The summed E-state index contributed by atoms with van der Waals surface area (Å²) in [6.07, 6.45) is 0. The molecule has 14 heavy (non-hydrogen) atoms. The largest absolute Gasteiger partial charge is 0.508 e. The Bertz CT molecular complexity index is 560. The van der Waals surface area contributed by atoms with E-state index in [4.69, 9.17) is 4.42 Å². The molecule has 0 atom stereocenters. The van der Waals surface area contributed by atoms with Crippen molar-refractivity contribution in [1.82, 2.24) is 0 Å². The molecule has 0 saturated heterocycles. The van der Waals surface area contributed by atoms with E-state index in [-0.39, 0.29) is 5.75 Å². The van der Waals surface area contributed by atoms with Crippen LogP contribution in [0.3, 0.4) is 0 Å². The quantitative estimate of drug-likeness (QED) is 0.759. The third kappa shape index (κ3) is 1.46. The number of rotatable bonds is 0. The van der Waals surface area contributed by atoms with Crippen molar-refractivity contribution >= 4 is 42.8 Å². The summed E-state index contributed by atoms with van der Waals surface area (Å²) in [6.45, 7) is 0. The summed E-state index contributed by atoms with van der Waals surface area (Å²) in [5, 5.41) is 9.92. The van der Waals surface area contributed by atoms with Gasteiger partial charge in [0.25, 0.3) is 0 Å². The lowest BCUT2D eigenvalue weighted by Gasteiger charge is -2.01. The number of phenolic OH excluding ortho intramolecular Hbond substituents is 1. The van der Waals surface area contributed by atoms with Gasteiger partial charge in [-0.3, -0.25) is 0 Å². The predicted molar refractivity (Wildman–Crippen MR) is 59.5 cm³/mol. The molecule has 2 rings (SSSR count). The SMILES string of the molecule is O=c1oc2cc(O)ccc2c(Br)c1Br. The summed E-state index contributed by atoms with van der Waals surface area (Å²) in [5.41, 5.74) is -0.125. The van der Waals surface area contributed by atoms with Gasteiger partial charge in [-0.15, -0.1) is 0 Å². The first-order chi connectivity index (χ1) is 6.59. The molecule has 0 bridgehead atoms. The summed E-state index contributed by atoms with van der Waals surface area (Å²) in [7, 11) is 0. The molecular formula is C9H4Br2O3. The normalized spacial score (nSPS) is 10.7. The van der Waals surface area contributed by atoms with Gasteiger partial charge in [0.05, 0.1) is 4.47 Å². The lowest BCUT2D eigenvalue weighted by Crippen LogP contribution is -2.00. The highest BCUT2D eigenvalue weighted by Crippen LogP contribution is 2.30. The van der Waals surface area contributed by atoms with Gasteiger partial charge >= 0.3 is 5.63 Å². The zero-order valence-electron chi connectivity index (χ0n) is 6.75. The first-order valence-electron chi connectivity index (χ1n) is 3.70. The molecule has 3 nitrogen and oxygen atoms in total. The van der Waals surface area contributed by atoms with Crippen LogP contribution in [0.1, 0.15) is 0 Å². The minimum Gasteiger partial charge on any atom is -0.508 e. The minimum atomic E-state index is -0.477. The molecule has 1 heterocycles. The fourth-order valence-electron chi connectivity index (χ4n) is 1.13. The Balaban J connectivity index is 2.98. The Morgan fingerprint density at radius 2 is 1.93 bits per heavy atom. The predicted octanol–water partition coefficient (Wildman–Crippen LogP) is 3.02. The molecular weight excluding hydrogens is 316 g/mol. The van der Waals surface area contributed by atoms with Crippen LogP contribution in [0, 0.1) is 0 Å². The molecule has 0 fully saturated rings. The van der Waals surface area contributed by atoms with Crippen LogP contribution in [-0.4, -0.2) is 5.11 Å². The average Bonchev–Trinajstić information content (AvgIpc) is 2.14. The highest BCUT2D eigenvalue weighted by Gasteiger charge is 2.09. The van der Waals surface area contributed by atoms with Gasteiger partial charge in [0.1, 0.15) is 15.8 Å². The summed E-state index contributed by atoms with van der Waals surface area (Å²) in [4.78, 5) is 11.2. The molecule has 0 saturated carbocycles. The summed E-state index contributed by atoms with van der Waals surface area (Å²) in [6, 6.07) is 4.59. The Hall–Kier alpha value is -0.810. The van der Waals surface area contributed by atoms with E-state index < -0.39 is 5.63 Å². The van der Waals surface area contributed by atoms with Crippen LogP contribution in [0.2, 0.25) is 0 Å². The monoisotopic (exact) mass is 318 g/mol. The van der Waals surface area contributed by atoms with Crippen LogP contribution in [-0.2, 0) is 0 Å². The van der Waals surface area contributed by atoms with E-state index in [0.717, 1.165) is 5.39 Å². The average molecular weight is 320 g/mol. The van der Waals surface area contributed by atoms with Crippen molar-refractivity contribution in [2.75, 3.05) is 0 Å². The molecule has 0 amide bonds. The molecule has 0 spiro atoms. The molecule has 1 N–H and O–H groups in total. The van der Waals surface area contributed by atoms with Gasteiger partial charge in [0, 0.05) is 11.5 Å². The standard InChI is InChI=1S/C9H4Br2O3/c10-7-5-2-1-4(12)3-6(5)14-9(13)8(7)11/h1-3,12H. The third-order valence-electron chi connectivity index (χ3n) is 1.78. The maximum absolute atomic E-state index is 11.2. The van der Waals surface area contributed by atoms with Crippen molar-refractivity contribution in [1.29, 1.82) is 0 Å². The first-order valence-corrected chi connectivity index (χ1v) is 5.29. The molecule has 0 aliphatic heterocycles. The van der Waals surface area contributed by atoms with Crippen molar-refractivity contribution in [2.24, 2.45) is 0 Å². The third-order valence-corrected chi connectivity index (χ3v) is 3.85. The van der Waals surface area contributed by atoms with Gasteiger partial charge in [0.2, 0.25) is 0 Å². The highest BCUT2D eigenvalue weighted by molar-refractivity contribution is 9.13. The zero-order chi connectivity index (χ0) is 10.3. The van der Waals surface area contributed by atoms with Crippen molar-refractivity contribution in [3.63, 3.8) is 0 Å². The van der Waals surface area contributed by atoms with Crippen LogP contribution in [0.15, 0.2) is 36.4 Å². The molecule has 0 radical (unpaired) electrons. The van der Waals surface area contributed by atoms with Crippen LogP contribution < -0.4 is 5.63 Å². The fourth-order valence-corrected chi connectivity index (χ4v) is 1.91. The van der Waals surface area contributed by atoms with E-state index in [1.54, 1.807) is 6.07 Å².